The normalized spacial score (nSPS) is 29.2. The molecule has 0 aliphatic carbocycles. The number of aromatic nitrogens is 1. The molecule has 27 heavy (non-hydrogen) atoms. The van der Waals surface area contributed by atoms with Crippen LogP contribution in [0.25, 0.3) is 10.9 Å². The molecule has 2 bridgehead atoms. The fourth-order valence-electron chi connectivity index (χ4n) is 4.18. The van der Waals surface area contributed by atoms with Crippen molar-refractivity contribution in [2.45, 2.75) is 18.4 Å². The van der Waals surface area contributed by atoms with Gasteiger partial charge in [-0.05, 0) is 12.1 Å². The Bertz CT molecular complexity index is 1070. The lowest BCUT2D eigenvalue weighted by atomic mass is 9.85. The number of nitrogens with zero attached hydrogens (tertiary/aromatic N) is 1. The van der Waals surface area contributed by atoms with Crippen molar-refractivity contribution in [3.8, 4) is 0 Å². The summed E-state index contributed by atoms with van der Waals surface area (Å²) in [7, 11) is 0. The summed E-state index contributed by atoms with van der Waals surface area (Å²) in [4.78, 5) is 40.5. The molecule has 6 nitrogen and oxygen atoms in total. The maximum Gasteiger partial charge on any atom is 0.417 e. The third-order valence-corrected chi connectivity index (χ3v) is 5.30. The molecule has 0 radical (unpaired) electrons. The molecule has 0 saturated carbocycles. The first-order valence-electron chi connectivity index (χ1n) is 8.21. The van der Waals surface area contributed by atoms with E-state index in [2.05, 4.69) is 4.98 Å². The molecule has 0 spiro atoms. The van der Waals surface area contributed by atoms with Gasteiger partial charge in [0.25, 0.3) is 0 Å². The summed E-state index contributed by atoms with van der Waals surface area (Å²) in [5.41, 5.74) is -1.96. The molecule has 2 aromatic rings. The van der Waals surface area contributed by atoms with Gasteiger partial charge in [-0.2, -0.15) is 13.2 Å². The van der Waals surface area contributed by atoms with Gasteiger partial charge >= 0.3 is 6.18 Å². The Kier molecular flexibility index (Phi) is 3.05. The summed E-state index contributed by atoms with van der Waals surface area (Å²) in [6.07, 6.45) is -2.13. The molecule has 9 heteroatoms. The van der Waals surface area contributed by atoms with E-state index in [1.165, 1.54) is 12.1 Å². The van der Waals surface area contributed by atoms with Crippen molar-refractivity contribution in [2.75, 3.05) is 4.90 Å². The van der Waals surface area contributed by atoms with E-state index in [0.29, 0.717) is 6.07 Å². The number of nitrogens with one attached hydrogen (secondary N) is 1. The SMILES string of the molecule is O=C1C2C3C=CC(O3)[C@H]2C(=O)N1c1ccc2c(C(F)(F)F)cc(=O)[nH]c2c1. The highest BCUT2D eigenvalue weighted by molar-refractivity contribution is 6.23. The zero-order valence-electron chi connectivity index (χ0n) is 13.5. The predicted molar refractivity (Wildman–Crippen MR) is 86.8 cm³/mol. The van der Waals surface area contributed by atoms with Crippen LogP contribution in [0.15, 0.2) is 41.2 Å². The summed E-state index contributed by atoms with van der Waals surface area (Å²) in [5.74, 6) is -2.14. The van der Waals surface area contributed by atoms with E-state index in [-0.39, 0.29) is 16.6 Å². The van der Waals surface area contributed by atoms with Crippen molar-refractivity contribution in [3.63, 3.8) is 0 Å². The Morgan fingerprint density at radius 3 is 2.19 bits per heavy atom. The second-order valence-electron chi connectivity index (χ2n) is 6.79. The van der Waals surface area contributed by atoms with Gasteiger partial charge in [-0.25, -0.2) is 4.90 Å². The number of hydrogen-bond acceptors (Lipinski definition) is 4. The second kappa shape index (κ2) is 5.07. The Hall–Kier alpha value is -2.94. The van der Waals surface area contributed by atoms with Gasteiger partial charge in [0.05, 0.1) is 40.8 Å². The zero-order valence-corrected chi connectivity index (χ0v) is 13.5. The lowest BCUT2D eigenvalue weighted by molar-refractivity contribution is -0.136. The minimum absolute atomic E-state index is 0.0951. The number of pyridine rings is 1. The fraction of sp³-hybridized carbons (Fsp3) is 0.278. The summed E-state index contributed by atoms with van der Waals surface area (Å²) in [6.45, 7) is 0. The Labute approximate surface area is 149 Å². The van der Waals surface area contributed by atoms with Crippen LogP contribution in [0.5, 0.6) is 0 Å². The van der Waals surface area contributed by atoms with E-state index in [0.717, 1.165) is 11.0 Å². The number of alkyl halides is 3. The van der Waals surface area contributed by atoms with Crippen LogP contribution in [0.1, 0.15) is 5.56 Å². The third kappa shape index (κ3) is 2.14. The number of aromatic amines is 1. The molecule has 3 unspecified atom stereocenters. The number of imide groups is 1. The maximum absolute atomic E-state index is 13.2. The van der Waals surface area contributed by atoms with Crippen LogP contribution in [-0.4, -0.2) is 29.0 Å². The zero-order chi connectivity index (χ0) is 19.1. The van der Waals surface area contributed by atoms with E-state index >= 15 is 0 Å². The molecule has 4 heterocycles. The average molecular weight is 376 g/mol. The molecular formula is C18H11F3N2O4. The quantitative estimate of drug-likeness (QED) is 0.610. The molecule has 3 aliphatic heterocycles. The van der Waals surface area contributed by atoms with E-state index in [4.69, 9.17) is 4.74 Å². The number of rotatable bonds is 1. The fourth-order valence-corrected chi connectivity index (χ4v) is 4.18. The summed E-state index contributed by atoms with van der Waals surface area (Å²) >= 11 is 0. The van der Waals surface area contributed by atoms with Crippen LogP contribution in [0, 0.1) is 11.8 Å². The van der Waals surface area contributed by atoms with Gasteiger partial charge in [0.1, 0.15) is 0 Å². The van der Waals surface area contributed by atoms with Gasteiger partial charge in [0.15, 0.2) is 0 Å². The Balaban J connectivity index is 1.62. The largest absolute Gasteiger partial charge is 0.417 e. The smallest absolute Gasteiger partial charge is 0.365 e. The number of ether oxygens (including phenoxy) is 1. The summed E-state index contributed by atoms with van der Waals surface area (Å²) < 4.78 is 45.1. The van der Waals surface area contributed by atoms with Gasteiger partial charge in [0, 0.05) is 11.5 Å². The first kappa shape index (κ1) is 16.2. The number of anilines is 1. The summed E-state index contributed by atoms with van der Waals surface area (Å²) in [6, 6.07) is 4.14. The van der Waals surface area contributed by atoms with Gasteiger partial charge < -0.3 is 9.72 Å². The molecule has 1 aromatic carbocycles. The molecule has 2 fully saturated rings. The summed E-state index contributed by atoms with van der Waals surface area (Å²) in [5, 5.41) is -0.213. The standard InChI is InChI=1S/C18H11F3N2O4/c19-18(20,21)9-6-13(24)22-10-5-7(1-2-8(9)10)23-16(25)14-11-3-4-12(27-11)15(14)17(23)26/h1-6,11-12,14-15H,(H,22,24)/t11?,12?,14-,15?/m1/s1. The molecule has 3 aliphatic rings. The van der Waals surface area contributed by atoms with Crippen molar-refractivity contribution in [2.24, 2.45) is 11.8 Å². The van der Waals surface area contributed by atoms with E-state index < -0.39 is 53.2 Å². The molecule has 1 N–H and O–H groups in total. The molecule has 4 atom stereocenters. The number of carbonyl (C=O) groups excluding carboxylic acids is 2. The lowest BCUT2D eigenvalue weighted by Gasteiger charge is -2.18. The van der Waals surface area contributed by atoms with Crippen molar-refractivity contribution in [1.29, 1.82) is 0 Å². The van der Waals surface area contributed by atoms with Crippen LogP contribution in [-0.2, 0) is 20.5 Å². The number of carbonyl (C=O) groups is 2. The van der Waals surface area contributed by atoms with Crippen LogP contribution in [0.4, 0.5) is 18.9 Å². The highest BCUT2D eigenvalue weighted by Crippen LogP contribution is 2.46. The average Bonchev–Trinajstić information content (AvgIpc) is 3.26. The van der Waals surface area contributed by atoms with E-state index in [1.807, 2.05) is 0 Å². The van der Waals surface area contributed by atoms with Crippen LogP contribution in [0.3, 0.4) is 0 Å². The molecular weight excluding hydrogens is 365 g/mol. The second-order valence-corrected chi connectivity index (χ2v) is 6.79. The van der Waals surface area contributed by atoms with Gasteiger partial charge in [0.2, 0.25) is 17.4 Å². The Morgan fingerprint density at radius 1 is 0.963 bits per heavy atom. The third-order valence-electron chi connectivity index (χ3n) is 5.30. The number of H-pyrrole nitrogens is 1. The van der Waals surface area contributed by atoms with Gasteiger partial charge in [-0.3, -0.25) is 14.4 Å². The lowest BCUT2D eigenvalue weighted by Crippen LogP contribution is -2.34. The number of halogens is 3. The van der Waals surface area contributed by atoms with E-state index in [1.54, 1.807) is 12.2 Å². The van der Waals surface area contributed by atoms with Crippen molar-refractivity contribution >= 4 is 28.4 Å². The minimum atomic E-state index is -4.70. The van der Waals surface area contributed by atoms with E-state index in [9.17, 15) is 27.6 Å². The van der Waals surface area contributed by atoms with Crippen molar-refractivity contribution in [3.05, 3.63) is 52.3 Å². The van der Waals surface area contributed by atoms with Gasteiger partial charge in [-0.1, -0.05) is 18.2 Å². The number of hydrogen-bond donors (Lipinski definition) is 1. The molecule has 138 valence electrons. The minimum Gasteiger partial charge on any atom is -0.365 e. The van der Waals surface area contributed by atoms with Crippen molar-refractivity contribution in [1.82, 2.24) is 4.98 Å². The first-order valence-corrected chi connectivity index (χ1v) is 8.21. The Morgan fingerprint density at radius 2 is 1.59 bits per heavy atom. The van der Waals surface area contributed by atoms with Crippen LogP contribution >= 0.6 is 0 Å². The van der Waals surface area contributed by atoms with Gasteiger partial charge in [-0.15, -0.1) is 0 Å². The van der Waals surface area contributed by atoms with Crippen molar-refractivity contribution < 1.29 is 27.5 Å². The van der Waals surface area contributed by atoms with Crippen LogP contribution < -0.4 is 10.5 Å². The first-order chi connectivity index (χ1) is 12.8. The maximum atomic E-state index is 13.2. The number of amides is 2. The molecule has 2 saturated heterocycles. The highest BCUT2D eigenvalue weighted by Gasteiger charge is 2.61. The van der Waals surface area contributed by atoms with Crippen LogP contribution in [0.2, 0.25) is 0 Å². The molecule has 5 rings (SSSR count). The topological polar surface area (TPSA) is 79.5 Å². The monoisotopic (exact) mass is 376 g/mol. The number of fused-ring (bicyclic) bond motifs is 6. The number of benzene rings is 1. The molecule has 1 aromatic heterocycles. The highest BCUT2D eigenvalue weighted by atomic mass is 19.4. The predicted octanol–water partition coefficient (Wildman–Crippen LogP) is 1.99. The molecule has 2 amide bonds.